The number of carbonyl (C=O) groups excluding carboxylic acids is 2. The third-order valence-corrected chi connectivity index (χ3v) is 4.47. The topological polar surface area (TPSA) is 102 Å². The van der Waals surface area contributed by atoms with Crippen molar-refractivity contribution < 1.29 is 19.2 Å². The van der Waals surface area contributed by atoms with Gasteiger partial charge in [-0.25, -0.2) is 4.79 Å². The first-order chi connectivity index (χ1) is 12.9. The van der Waals surface area contributed by atoms with E-state index in [2.05, 4.69) is 5.32 Å². The molecule has 2 aromatic carbocycles. The Morgan fingerprint density at radius 1 is 1.11 bits per heavy atom. The van der Waals surface area contributed by atoms with E-state index in [-0.39, 0.29) is 18.1 Å². The fourth-order valence-electron chi connectivity index (χ4n) is 2.94. The van der Waals surface area contributed by atoms with Gasteiger partial charge in [0.15, 0.2) is 0 Å². The van der Waals surface area contributed by atoms with E-state index in [1.165, 1.54) is 24.3 Å². The molecular weight excluding hydrogens is 350 g/mol. The van der Waals surface area contributed by atoms with Gasteiger partial charge >= 0.3 is 6.03 Å². The van der Waals surface area contributed by atoms with Crippen molar-refractivity contribution in [1.29, 1.82) is 0 Å². The van der Waals surface area contributed by atoms with Crippen LogP contribution in [-0.4, -0.2) is 34.9 Å². The number of nitro benzene ring substituents is 1. The highest BCUT2D eigenvalue weighted by Crippen LogP contribution is 2.30. The summed E-state index contributed by atoms with van der Waals surface area (Å²) >= 11 is 0. The van der Waals surface area contributed by atoms with Gasteiger partial charge in [-0.15, -0.1) is 0 Å². The van der Waals surface area contributed by atoms with E-state index in [9.17, 15) is 19.7 Å². The Hall–Kier alpha value is -3.42. The van der Waals surface area contributed by atoms with E-state index in [0.29, 0.717) is 18.6 Å². The van der Waals surface area contributed by atoms with Gasteiger partial charge in [-0.3, -0.25) is 19.8 Å². The van der Waals surface area contributed by atoms with E-state index in [1.54, 1.807) is 6.92 Å². The van der Waals surface area contributed by atoms with Crippen molar-refractivity contribution in [2.45, 2.75) is 18.9 Å². The summed E-state index contributed by atoms with van der Waals surface area (Å²) in [6, 6.07) is 14.4. The standard InChI is InChI=1S/C19H19N3O5/c1-19(14-8-10-15(11-9-14)22(25)26)17(23)21(18(24)20-19)12-5-13-27-16-6-3-2-4-7-16/h2-4,6-11H,5,12-13H2,1H3,(H,20,24)/t19-/m1/s1. The minimum absolute atomic E-state index is 0.0750. The lowest BCUT2D eigenvalue weighted by molar-refractivity contribution is -0.384. The second-order valence-corrected chi connectivity index (χ2v) is 6.33. The number of nitro groups is 1. The van der Waals surface area contributed by atoms with Crippen LogP contribution in [0.15, 0.2) is 54.6 Å². The van der Waals surface area contributed by atoms with Crippen LogP contribution in [0, 0.1) is 10.1 Å². The first kappa shape index (κ1) is 18.4. The van der Waals surface area contributed by atoms with Crippen molar-refractivity contribution >= 4 is 17.6 Å². The van der Waals surface area contributed by atoms with Crippen molar-refractivity contribution in [2.24, 2.45) is 0 Å². The molecule has 3 rings (SSSR count). The van der Waals surface area contributed by atoms with Crippen LogP contribution in [0.5, 0.6) is 5.75 Å². The molecule has 0 bridgehead atoms. The lowest BCUT2D eigenvalue weighted by Crippen LogP contribution is -2.41. The largest absolute Gasteiger partial charge is 0.494 e. The zero-order valence-corrected chi connectivity index (χ0v) is 14.8. The van der Waals surface area contributed by atoms with Gasteiger partial charge in [-0.2, -0.15) is 0 Å². The number of imide groups is 1. The molecule has 0 aliphatic carbocycles. The molecule has 8 nitrogen and oxygen atoms in total. The van der Waals surface area contributed by atoms with Crippen LogP contribution in [-0.2, 0) is 10.3 Å². The van der Waals surface area contributed by atoms with Crippen LogP contribution in [0.2, 0.25) is 0 Å². The number of ether oxygens (including phenoxy) is 1. The Balaban J connectivity index is 1.62. The maximum absolute atomic E-state index is 12.8. The summed E-state index contributed by atoms with van der Waals surface area (Å²) in [5, 5.41) is 13.5. The van der Waals surface area contributed by atoms with Crippen LogP contribution in [0.25, 0.3) is 0 Å². The highest BCUT2D eigenvalue weighted by Gasteiger charge is 2.48. The highest BCUT2D eigenvalue weighted by molar-refractivity contribution is 6.07. The van der Waals surface area contributed by atoms with Crippen LogP contribution in [0.1, 0.15) is 18.9 Å². The smallest absolute Gasteiger partial charge is 0.325 e. The van der Waals surface area contributed by atoms with Gasteiger partial charge in [0.05, 0.1) is 11.5 Å². The summed E-state index contributed by atoms with van der Waals surface area (Å²) in [7, 11) is 0. The highest BCUT2D eigenvalue weighted by atomic mass is 16.6. The van der Waals surface area contributed by atoms with E-state index in [4.69, 9.17) is 4.74 Å². The van der Waals surface area contributed by atoms with Gasteiger partial charge in [0.1, 0.15) is 11.3 Å². The molecule has 1 aliphatic rings. The molecule has 2 aromatic rings. The second-order valence-electron chi connectivity index (χ2n) is 6.33. The fourth-order valence-corrected chi connectivity index (χ4v) is 2.94. The number of carbonyl (C=O) groups is 2. The summed E-state index contributed by atoms with van der Waals surface area (Å²) in [6.07, 6.45) is 0.490. The third kappa shape index (κ3) is 3.74. The number of hydrogen-bond acceptors (Lipinski definition) is 5. The minimum Gasteiger partial charge on any atom is -0.494 e. The number of para-hydroxylation sites is 1. The molecule has 1 heterocycles. The first-order valence-electron chi connectivity index (χ1n) is 8.49. The average molecular weight is 369 g/mol. The number of rotatable bonds is 7. The third-order valence-electron chi connectivity index (χ3n) is 4.47. The molecule has 1 N–H and O–H groups in total. The van der Waals surface area contributed by atoms with Gasteiger partial charge in [0, 0.05) is 18.7 Å². The Kier molecular flexibility index (Phi) is 5.07. The predicted octanol–water partition coefficient (Wildman–Crippen LogP) is 2.83. The van der Waals surface area contributed by atoms with Crippen molar-refractivity contribution in [1.82, 2.24) is 10.2 Å². The molecule has 27 heavy (non-hydrogen) atoms. The SMILES string of the molecule is C[C@]1(c2ccc([N+](=O)[O-])cc2)NC(=O)N(CCCOc2ccccc2)C1=O. The van der Waals surface area contributed by atoms with E-state index >= 15 is 0 Å². The number of urea groups is 1. The lowest BCUT2D eigenvalue weighted by atomic mass is 9.92. The van der Waals surface area contributed by atoms with E-state index < -0.39 is 16.5 Å². The maximum Gasteiger partial charge on any atom is 0.325 e. The van der Waals surface area contributed by atoms with Crippen LogP contribution in [0.4, 0.5) is 10.5 Å². The molecule has 1 saturated heterocycles. The number of benzene rings is 2. The Bertz CT molecular complexity index is 853. The van der Waals surface area contributed by atoms with E-state index in [0.717, 1.165) is 10.6 Å². The lowest BCUT2D eigenvalue weighted by Gasteiger charge is -2.22. The molecule has 1 atom stereocenters. The van der Waals surface area contributed by atoms with Crippen LogP contribution < -0.4 is 10.1 Å². The Morgan fingerprint density at radius 3 is 2.41 bits per heavy atom. The molecule has 1 fully saturated rings. The van der Waals surface area contributed by atoms with Gasteiger partial charge < -0.3 is 10.1 Å². The Labute approximate surface area is 155 Å². The summed E-state index contributed by atoms with van der Waals surface area (Å²) in [4.78, 5) is 36.5. The van der Waals surface area contributed by atoms with Gasteiger partial charge in [-0.1, -0.05) is 18.2 Å². The molecule has 1 aliphatic heterocycles. The van der Waals surface area contributed by atoms with Crippen molar-refractivity contribution in [3.63, 3.8) is 0 Å². The molecule has 0 unspecified atom stereocenters. The number of nitrogens with zero attached hydrogens (tertiary/aromatic N) is 2. The van der Waals surface area contributed by atoms with Crippen molar-refractivity contribution in [2.75, 3.05) is 13.2 Å². The molecule has 8 heteroatoms. The number of nitrogens with one attached hydrogen (secondary N) is 1. The van der Waals surface area contributed by atoms with Crippen molar-refractivity contribution in [3.8, 4) is 5.75 Å². The zero-order chi connectivity index (χ0) is 19.4. The second kappa shape index (κ2) is 7.45. The molecule has 0 spiro atoms. The maximum atomic E-state index is 12.8. The quantitative estimate of drug-likeness (QED) is 0.350. The van der Waals surface area contributed by atoms with Crippen LogP contribution in [0.3, 0.4) is 0 Å². The molecule has 0 aromatic heterocycles. The normalized spacial score (nSPS) is 19.1. The molecule has 140 valence electrons. The minimum atomic E-state index is -1.24. The predicted molar refractivity (Wildman–Crippen MR) is 97.2 cm³/mol. The molecular formula is C19H19N3O5. The summed E-state index contributed by atoms with van der Waals surface area (Å²) in [6.45, 7) is 2.18. The molecule has 0 saturated carbocycles. The van der Waals surface area contributed by atoms with Crippen molar-refractivity contribution in [3.05, 3.63) is 70.3 Å². The number of non-ortho nitro benzene ring substituents is 1. The number of hydrogen-bond donors (Lipinski definition) is 1. The molecule has 0 radical (unpaired) electrons. The number of amides is 3. The average Bonchev–Trinajstić information content (AvgIpc) is 2.89. The molecule has 3 amide bonds. The van der Waals surface area contributed by atoms with Gasteiger partial charge in [0.25, 0.3) is 11.6 Å². The summed E-state index contributed by atoms with van der Waals surface area (Å²) < 4.78 is 5.57. The summed E-state index contributed by atoms with van der Waals surface area (Å²) in [5.41, 5.74) is -0.824. The monoisotopic (exact) mass is 369 g/mol. The van der Waals surface area contributed by atoms with Crippen LogP contribution >= 0.6 is 0 Å². The first-order valence-corrected chi connectivity index (χ1v) is 8.49. The summed E-state index contributed by atoms with van der Waals surface area (Å²) in [5.74, 6) is 0.339. The Morgan fingerprint density at radius 2 is 1.78 bits per heavy atom. The van der Waals surface area contributed by atoms with Gasteiger partial charge in [0.2, 0.25) is 0 Å². The fraction of sp³-hybridized carbons (Fsp3) is 0.263. The zero-order valence-electron chi connectivity index (χ0n) is 14.8. The van der Waals surface area contributed by atoms with E-state index in [1.807, 2.05) is 30.3 Å². The van der Waals surface area contributed by atoms with Gasteiger partial charge in [-0.05, 0) is 43.2 Å².